The van der Waals surface area contributed by atoms with Gasteiger partial charge >= 0.3 is 0 Å². The predicted molar refractivity (Wildman–Crippen MR) is 83.5 cm³/mol. The lowest BCUT2D eigenvalue weighted by Crippen LogP contribution is -2.15. The van der Waals surface area contributed by atoms with E-state index < -0.39 is 0 Å². The van der Waals surface area contributed by atoms with Gasteiger partial charge in [0, 0.05) is 15.2 Å². The first-order valence-corrected chi connectivity index (χ1v) is 7.77. The number of amides is 1. The lowest BCUT2D eigenvalue weighted by atomic mass is 10.1. The van der Waals surface area contributed by atoms with Gasteiger partial charge in [-0.05, 0) is 65.1 Å². The van der Waals surface area contributed by atoms with E-state index >= 15 is 0 Å². The molecular weight excluding hydrogens is 337 g/mol. The largest absolute Gasteiger partial charge is 0.326 e. The van der Waals surface area contributed by atoms with E-state index in [9.17, 15) is 4.79 Å². The summed E-state index contributed by atoms with van der Waals surface area (Å²) in [5.74, 6) is 1.59. The van der Waals surface area contributed by atoms with Crippen molar-refractivity contribution in [2.24, 2.45) is 17.8 Å². The summed E-state index contributed by atoms with van der Waals surface area (Å²) in [6.45, 7) is 4.40. The Morgan fingerprint density at radius 3 is 2.61 bits per heavy atom. The molecule has 0 bridgehead atoms. The molecule has 1 aliphatic rings. The highest BCUT2D eigenvalue weighted by atomic mass is 127. The van der Waals surface area contributed by atoms with Crippen molar-refractivity contribution in [1.82, 2.24) is 0 Å². The van der Waals surface area contributed by atoms with Crippen LogP contribution in [0, 0.1) is 21.3 Å². The van der Waals surface area contributed by atoms with E-state index in [-0.39, 0.29) is 11.8 Å². The molecule has 3 heteroatoms. The quantitative estimate of drug-likeness (QED) is 0.782. The molecule has 0 spiro atoms. The topological polar surface area (TPSA) is 29.1 Å². The molecule has 98 valence electrons. The van der Waals surface area contributed by atoms with E-state index in [4.69, 9.17) is 0 Å². The minimum Gasteiger partial charge on any atom is -0.326 e. The van der Waals surface area contributed by atoms with E-state index in [0.29, 0.717) is 11.8 Å². The van der Waals surface area contributed by atoms with Gasteiger partial charge in [0.05, 0.1) is 0 Å². The maximum Gasteiger partial charge on any atom is 0.228 e. The molecule has 1 fully saturated rings. The Labute approximate surface area is 123 Å². The number of carbonyl (C=O) groups is 1. The Hall–Kier alpha value is -0.580. The van der Waals surface area contributed by atoms with Crippen molar-refractivity contribution in [3.8, 4) is 0 Å². The Morgan fingerprint density at radius 2 is 2.00 bits per heavy atom. The van der Waals surface area contributed by atoms with Crippen LogP contribution >= 0.6 is 22.6 Å². The number of nitrogens with one attached hydrogen (secondary N) is 1. The first-order chi connectivity index (χ1) is 8.63. The second kappa shape index (κ2) is 6.04. The van der Waals surface area contributed by atoms with Crippen LogP contribution in [0.15, 0.2) is 24.3 Å². The summed E-state index contributed by atoms with van der Waals surface area (Å²) in [7, 11) is 0. The number of hydrogen-bond donors (Lipinski definition) is 1. The van der Waals surface area contributed by atoms with Gasteiger partial charge in [0.1, 0.15) is 0 Å². The highest BCUT2D eigenvalue weighted by Gasteiger charge is 2.50. The Balaban J connectivity index is 1.87. The molecule has 0 radical (unpaired) electrons. The normalized spacial score (nSPS) is 25.8. The zero-order valence-electron chi connectivity index (χ0n) is 10.9. The zero-order chi connectivity index (χ0) is 13.1. The van der Waals surface area contributed by atoms with Gasteiger partial charge in [0.2, 0.25) is 5.91 Å². The van der Waals surface area contributed by atoms with Crippen LogP contribution in [0.1, 0.15) is 33.1 Å². The van der Waals surface area contributed by atoms with Crippen LogP contribution in [0.2, 0.25) is 0 Å². The van der Waals surface area contributed by atoms with Crippen molar-refractivity contribution in [2.75, 3.05) is 5.32 Å². The van der Waals surface area contributed by atoms with Crippen molar-refractivity contribution in [3.05, 3.63) is 27.8 Å². The molecule has 0 heterocycles. The molecule has 1 aromatic carbocycles. The van der Waals surface area contributed by atoms with Gasteiger partial charge in [-0.25, -0.2) is 0 Å². The van der Waals surface area contributed by atoms with Gasteiger partial charge in [0.25, 0.3) is 0 Å². The molecule has 3 atom stereocenters. The van der Waals surface area contributed by atoms with E-state index in [0.717, 1.165) is 5.69 Å². The van der Waals surface area contributed by atoms with Crippen LogP contribution < -0.4 is 5.32 Å². The van der Waals surface area contributed by atoms with E-state index in [1.165, 1.54) is 22.8 Å². The zero-order valence-corrected chi connectivity index (χ0v) is 13.1. The number of anilines is 1. The fourth-order valence-corrected chi connectivity index (χ4v) is 2.98. The van der Waals surface area contributed by atoms with Gasteiger partial charge in [-0.15, -0.1) is 0 Å². The molecule has 2 rings (SSSR count). The van der Waals surface area contributed by atoms with Crippen LogP contribution in [0.3, 0.4) is 0 Å². The van der Waals surface area contributed by atoms with Crippen LogP contribution in [0.4, 0.5) is 5.69 Å². The summed E-state index contributed by atoms with van der Waals surface area (Å²) in [5, 5.41) is 3.03. The first-order valence-electron chi connectivity index (χ1n) is 6.70. The molecule has 1 N–H and O–H groups in total. The number of carbonyl (C=O) groups excluding carboxylic acids is 1. The van der Waals surface area contributed by atoms with Crippen molar-refractivity contribution in [3.63, 3.8) is 0 Å². The van der Waals surface area contributed by atoms with Crippen molar-refractivity contribution >= 4 is 34.2 Å². The van der Waals surface area contributed by atoms with Gasteiger partial charge in [-0.2, -0.15) is 0 Å². The first kappa shape index (κ1) is 13.8. The lowest BCUT2D eigenvalue weighted by molar-refractivity contribution is -0.117. The molecule has 0 aromatic heterocycles. The summed E-state index contributed by atoms with van der Waals surface area (Å²) < 4.78 is 1.19. The summed E-state index contributed by atoms with van der Waals surface area (Å²) in [6.07, 6.45) is 3.65. The number of halogens is 1. The predicted octanol–water partition coefficient (Wildman–Crippen LogP) is 4.30. The SMILES string of the molecule is CCCC[C@@H]1[C@H](C)[C@@H]1C(=O)Nc1ccc(I)cc1. The third-order valence-corrected chi connectivity index (χ3v) is 4.59. The monoisotopic (exact) mass is 357 g/mol. The standard InChI is InChI=1S/C15H20INO/c1-3-4-5-13-10(2)14(13)15(18)17-12-8-6-11(16)7-9-12/h6-10,13-14H,3-5H2,1-2H3,(H,17,18)/t10-,13+,14-/m0/s1. The number of hydrogen-bond acceptors (Lipinski definition) is 1. The van der Waals surface area contributed by atoms with E-state index in [1.807, 2.05) is 24.3 Å². The second-order valence-electron chi connectivity index (χ2n) is 5.19. The van der Waals surface area contributed by atoms with Crippen LogP contribution in [0.25, 0.3) is 0 Å². The molecule has 1 saturated carbocycles. The van der Waals surface area contributed by atoms with Gasteiger partial charge in [-0.1, -0.05) is 26.7 Å². The average Bonchev–Trinajstić information content (AvgIpc) is 3.00. The van der Waals surface area contributed by atoms with Crippen LogP contribution in [-0.2, 0) is 4.79 Å². The smallest absolute Gasteiger partial charge is 0.228 e. The summed E-state index contributed by atoms with van der Waals surface area (Å²) >= 11 is 2.26. The van der Waals surface area contributed by atoms with Crippen molar-refractivity contribution in [2.45, 2.75) is 33.1 Å². The molecule has 0 saturated heterocycles. The summed E-state index contributed by atoms with van der Waals surface area (Å²) in [6, 6.07) is 7.96. The number of benzene rings is 1. The summed E-state index contributed by atoms with van der Waals surface area (Å²) in [4.78, 5) is 12.1. The third-order valence-electron chi connectivity index (χ3n) is 3.87. The average molecular weight is 357 g/mol. The maximum atomic E-state index is 12.1. The highest BCUT2D eigenvalue weighted by molar-refractivity contribution is 14.1. The molecule has 0 aliphatic heterocycles. The van der Waals surface area contributed by atoms with Crippen LogP contribution in [-0.4, -0.2) is 5.91 Å². The van der Waals surface area contributed by atoms with Gasteiger partial charge in [-0.3, -0.25) is 4.79 Å². The molecule has 1 aromatic rings. The van der Waals surface area contributed by atoms with Gasteiger partial charge in [0.15, 0.2) is 0 Å². The molecule has 18 heavy (non-hydrogen) atoms. The lowest BCUT2D eigenvalue weighted by Gasteiger charge is -2.05. The Morgan fingerprint density at radius 1 is 1.33 bits per heavy atom. The highest BCUT2D eigenvalue weighted by Crippen LogP contribution is 2.49. The number of rotatable bonds is 5. The second-order valence-corrected chi connectivity index (χ2v) is 6.43. The number of unbranched alkanes of at least 4 members (excludes halogenated alkanes) is 1. The fourth-order valence-electron chi connectivity index (χ4n) is 2.62. The molecule has 2 nitrogen and oxygen atoms in total. The third kappa shape index (κ3) is 3.25. The van der Waals surface area contributed by atoms with E-state index in [1.54, 1.807) is 0 Å². The Bertz CT molecular complexity index is 415. The van der Waals surface area contributed by atoms with Crippen molar-refractivity contribution in [1.29, 1.82) is 0 Å². The molecule has 1 amide bonds. The van der Waals surface area contributed by atoms with E-state index in [2.05, 4.69) is 41.8 Å². The maximum absolute atomic E-state index is 12.1. The van der Waals surface area contributed by atoms with Crippen molar-refractivity contribution < 1.29 is 4.79 Å². The minimum absolute atomic E-state index is 0.199. The molecule has 1 aliphatic carbocycles. The minimum atomic E-state index is 0.199. The van der Waals surface area contributed by atoms with Gasteiger partial charge < -0.3 is 5.32 Å². The molecule has 0 unspecified atom stereocenters. The summed E-state index contributed by atoms with van der Waals surface area (Å²) in [5.41, 5.74) is 0.911. The van der Waals surface area contributed by atoms with Crippen LogP contribution in [0.5, 0.6) is 0 Å². The Kier molecular flexibility index (Phi) is 4.65. The fraction of sp³-hybridized carbons (Fsp3) is 0.533. The molecular formula is C15H20INO.